The quantitative estimate of drug-likeness (QED) is 0.758. The molecule has 0 amide bonds. The van der Waals surface area contributed by atoms with Crippen LogP contribution in [0.3, 0.4) is 0 Å². The number of hydroxylamine groups is 1. The normalized spacial score (nSPS) is 26.3. The van der Waals surface area contributed by atoms with Gasteiger partial charge >= 0.3 is 0 Å². The average molecular weight is 244 g/mol. The van der Waals surface area contributed by atoms with Gasteiger partial charge in [-0.1, -0.05) is 25.5 Å². The Morgan fingerprint density at radius 1 is 1.39 bits per heavy atom. The van der Waals surface area contributed by atoms with E-state index in [0.29, 0.717) is 6.04 Å². The van der Waals surface area contributed by atoms with Crippen molar-refractivity contribution >= 4 is 5.82 Å². The fourth-order valence-corrected chi connectivity index (χ4v) is 2.84. The monoisotopic (exact) mass is 244 g/mol. The summed E-state index contributed by atoms with van der Waals surface area (Å²) >= 11 is 0. The van der Waals surface area contributed by atoms with Gasteiger partial charge in [0, 0.05) is 6.20 Å². The number of fused-ring (bicyclic) bond motifs is 2. The van der Waals surface area contributed by atoms with Crippen molar-refractivity contribution in [3.63, 3.8) is 0 Å². The molecule has 2 bridgehead atoms. The molecule has 1 aliphatic carbocycles. The Hall–Kier alpha value is -1.35. The molecular weight excluding hydrogens is 224 g/mol. The van der Waals surface area contributed by atoms with Gasteiger partial charge in [0.1, 0.15) is 6.10 Å². The first-order chi connectivity index (χ1) is 8.88. The van der Waals surface area contributed by atoms with Crippen LogP contribution in [-0.4, -0.2) is 17.1 Å². The van der Waals surface area contributed by atoms with Crippen molar-refractivity contribution in [2.45, 2.75) is 51.2 Å². The summed E-state index contributed by atoms with van der Waals surface area (Å²) in [6.45, 7) is 2.24. The lowest BCUT2D eigenvalue weighted by Crippen LogP contribution is -2.48. The Labute approximate surface area is 108 Å². The van der Waals surface area contributed by atoms with E-state index in [1.165, 1.54) is 25.7 Å². The highest BCUT2D eigenvalue weighted by Crippen LogP contribution is 2.36. The minimum atomic E-state index is 0.254. The van der Waals surface area contributed by atoms with E-state index in [9.17, 15) is 0 Å². The molecule has 3 heterocycles. The van der Waals surface area contributed by atoms with Crippen LogP contribution in [-0.2, 0) is 4.84 Å². The zero-order chi connectivity index (χ0) is 12.4. The van der Waals surface area contributed by atoms with E-state index < -0.39 is 0 Å². The largest absolute Gasteiger partial charge is 0.264 e. The predicted molar refractivity (Wildman–Crippen MR) is 72.2 cm³/mol. The van der Waals surface area contributed by atoms with Gasteiger partial charge in [-0.15, -0.1) is 0 Å². The molecule has 1 saturated heterocycles. The number of unbranched alkanes of at least 4 members (excludes halogenated alkanes) is 1. The van der Waals surface area contributed by atoms with Gasteiger partial charge in [0.05, 0.1) is 6.04 Å². The van der Waals surface area contributed by atoms with Crippen LogP contribution in [0.2, 0.25) is 0 Å². The number of pyridine rings is 1. The van der Waals surface area contributed by atoms with Crippen LogP contribution in [0.4, 0.5) is 5.82 Å². The second-order valence-corrected chi connectivity index (χ2v) is 5.10. The molecule has 0 N–H and O–H groups in total. The summed E-state index contributed by atoms with van der Waals surface area (Å²) in [6.07, 6.45) is 10.5. The maximum Gasteiger partial charge on any atom is 0.153 e. The van der Waals surface area contributed by atoms with E-state index >= 15 is 0 Å². The highest BCUT2D eigenvalue weighted by atomic mass is 16.7. The molecule has 0 unspecified atom stereocenters. The lowest BCUT2D eigenvalue weighted by atomic mass is 9.87. The molecule has 0 saturated carbocycles. The first-order valence-electron chi connectivity index (χ1n) is 6.96. The number of hydrogen-bond acceptors (Lipinski definition) is 3. The van der Waals surface area contributed by atoms with E-state index in [4.69, 9.17) is 4.84 Å². The van der Waals surface area contributed by atoms with Gasteiger partial charge in [0.15, 0.2) is 5.82 Å². The Balaban J connectivity index is 1.81. The second kappa shape index (κ2) is 5.11. The molecule has 1 aromatic rings. The van der Waals surface area contributed by atoms with E-state index in [1.807, 2.05) is 29.5 Å². The Bertz CT molecular complexity index is 429. The minimum Gasteiger partial charge on any atom is -0.264 e. The lowest BCUT2D eigenvalue weighted by molar-refractivity contribution is -0.00326. The number of aromatic nitrogens is 1. The highest BCUT2D eigenvalue weighted by Gasteiger charge is 2.36. The standard InChI is InChI=1S/C15H20N2O/c1-2-3-6-12-11-13-8-9-14(12)17(18-13)15-7-4-5-10-16-15/h4-5,7,10-11,13-14H,2-3,6,8-9H2,1H3/t13-,14+/m0/s1. The first kappa shape index (κ1) is 11.7. The van der Waals surface area contributed by atoms with Crippen LogP contribution < -0.4 is 5.06 Å². The van der Waals surface area contributed by atoms with Crippen LogP contribution in [0.25, 0.3) is 0 Å². The molecule has 0 radical (unpaired) electrons. The molecule has 96 valence electrons. The Morgan fingerprint density at radius 2 is 2.33 bits per heavy atom. The van der Waals surface area contributed by atoms with Gasteiger partial charge in [-0.3, -0.25) is 4.84 Å². The summed E-state index contributed by atoms with van der Waals surface area (Å²) in [6, 6.07) is 6.39. The summed E-state index contributed by atoms with van der Waals surface area (Å²) < 4.78 is 0. The third-order valence-corrected chi connectivity index (χ3v) is 3.78. The number of nitrogens with zero attached hydrogens (tertiary/aromatic N) is 2. The molecule has 3 aliphatic rings. The van der Waals surface area contributed by atoms with E-state index in [-0.39, 0.29) is 6.10 Å². The van der Waals surface area contributed by atoms with Crippen LogP contribution in [0.15, 0.2) is 36.0 Å². The van der Waals surface area contributed by atoms with Gasteiger partial charge in [-0.05, 0) is 43.4 Å². The summed E-state index contributed by atoms with van der Waals surface area (Å²) in [5, 5.41) is 2.03. The molecule has 1 aromatic heterocycles. The highest BCUT2D eigenvalue weighted by molar-refractivity contribution is 5.42. The number of anilines is 1. The van der Waals surface area contributed by atoms with Crippen LogP contribution in [0.5, 0.6) is 0 Å². The van der Waals surface area contributed by atoms with E-state index in [1.54, 1.807) is 5.57 Å². The van der Waals surface area contributed by atoms with Crippen LogP contribution >= 0.6 is 0 Å². The predicted octanol–water partition coefficient (Wildman–Crippen LogP) is 3.48. The topological polar surface area (TPSA) is 25.4 Å². The molecule has 2 atom stereocenters. The van der Waals surface area contributed by atoms with Gasteiger partial charge in [0.2, 0.25) is 0 Å². The van der Waals surface area contributed by atoms with Crippen molar-refractivity contribution < 1.29 is 4.84 Å². The summed E-state index contributed by atoms with van der Waals surface area (Å²) in [4.78, 5) is 10.4. The van der Waals surface area contributed by atoms with Crippen molar-refractivity contribution in [3.8, 4) is 0 Å². The summed E-state index contributed by atoms with van der Waals surface area (Å²) in [5.41, 5.74) is 1.55. The van der Waals surface area contributed by atoms with Gasteiger partial charge < -0.3 is 0 Å². The van der Waals surface area contributed by atoms with Crippen molar-refractivity contribution in [3.05, 3.63) is 36.0 Å². The van der Waals surface area contributed by atoms with Crippen LogP contribution in [0.1, 0.15) is 39.0 Å². The summed E-state index contributed by atoms with van der Waals surface area (Å²) in [5.74, 6) is 0.939. The molecule has 2 aliphatic heterocycles. The fraction of sp³-hybridized carbons (Fsp3) is 0.533. The van der Waals surface area contributed by atoms with Crippen molar-refractivity contribution in [1.82, 2.24) is 4.98 Å². The van der Waals surface area contributed by atoms with Crippen LogP contribution in [0, 0.1) is 0 Å². The maximum absolute atomic E-state index is 5.98. The van der Waals surface area contributed by atoms with Crippen molar-refractivity contribution in [1.29, 1.82) is 0 Å². The van der Waals surface area contributed by atoms with Gasteiger partial charge in [0.25, 0.3) is 0 Å². The molecule has 3 nitrogen and oxygen atoms in total. The first-order valence-corrected chi connectivity index (χ1v) is 6.96. The van der Waals surface area contributed by atoms with E-state index in [2.05, 4.69) is 18.0 Å². The molecule has 0 spiro atoms. The molecule has 18 heavy (non-hydrogen) atoms. The Morgan fingerprint density at radius 3 is 3.06 bits per heavy atom. The van der Waals surface area contributed by atoms with E-state index in [0.717, 1.165) is 12.2 Å². The number of hydrogen-bond donors (Lipinski definition) is 0. The molecule has 1 fully saturated rings. The summed E-state index contributed by atoms with van der Waals surface area (Å²) in [7, 11) is 0. The second-order valence-electron chi connectivity index (χ2n) is 5.10. The molecular formula is C15H20N2O. The molecule has 3 heteroatoms. The smallest absolute Gasteiger partial charge is 0.153 e. The Kier molecular flexibility index (Phi) is 3.33. The fourth-order valence-electron chi connectivity index (χ4n) is 2.84. The third-order valence-electron chi connectivity index (χ3n) is 3.78. The SMILES string of the molecule is CCCCC1=C[C@@H]2CC[C@H]1N(c1ccccn1)O2. The lowest BCUT2D eigenvalue weighted by Gasteiger charge is -2.44. The average Bonchev–Trinajstić information content (AvgIpc) is 2.46. The zero-order valence-electron chi connectivity index (χ0n) is 10.9. The zero-order valence-corrected chi connectivity index (χ0v) is 10.9. The van der Waals surface area contributed by atoms with Crippen molar-refractivity contribution in [2.75, 3.05) is 5.06 Å². The molecule has 0 aromatic carbocycles. The molecule has 4 rings (SSSR count). The minimum absolute atomic E-state index is 0.254. The maximum atomic E-state index is 5.98. The van der Waals surface area contributed by atoms with Gasteiger partial charge in [-0.25, -0.2) is 10.0 Å². The van der Waals surface area contributed by atoms with Crippen molar-refractivity contribution in [2.24, 2.45) is 0 Å². The third kappa shape index (κ3) is 2.15. The number of rotatable bonds is 4. The van der Waals surface area contributed by atoms with Gasteiger partial charge in [-0.2, -0.15) is 0 Å².